The molecule has 0 aromatic heterocycles. The Bertz CT molecular complexity index is 518. The second-order valence-corrected chi connectivity index (χ2v) is 6.42. The third-order valence-electron chi connectivity index (χ3n) is 4.09. The third kappa shape index (κ3) is 4.63. The summed E-state index contributed by atoms with van der Waals surface area (Å²) in [4.78, 5) is 0. The maximum absolute atomic E-state index is 5.83. The summed E-state index contributed by atoms with van der Waals surface area (Å²) in [6, 6.07) is 18.4. The second-order valence-electron chi connectivity index (χ2n) is 6.42. The van der Waals surface area contributed by atoms with Crippen molar-refractivity contribution in [3.8, 4) is 11.5 Å². The smallest absolute Gasteiger partial charge is 0.127 e. The van der Waals surface area contributed by atoms with Gasteiger partial charge >= 0.3 is 0 Å². The summed E-state index contributed by atoms with van der Waals surface area (Å²) in [5, 5.41) is 0. The molecule has 21 heavy (non-hydrogen) atoms. The first-order valence-corrected chi connectivity index (χ1v) is 7.88. The Kier molecular flexibility index (Phi) is 5.44. The molecule has 0 radical (unpaired) electrons. The Labute approximate surface area is 129 Å². The number of hydrogen-bond acceptors (Lipinski definition) is 1. The molecule has 0 unspecified atom stereocenters. The van der Waals surface area contributed by atoms with E-state index in [9.17, 15) is 0 Å². The van der Waals surface area contributed by atoms with Crippen molar-refractivity contribution in [1.29, 1.82) is 0 Å². The maximum atomic E-state index is 5.83. The molecule has 0 aliphatic heterocycles. The highest BCUT2D eigenvalue weighted by Crippen LogP contribution is 2.27. The van der Waals surface area contributed by atoms with Crippen LogP contribution in [-0.4, -0.2) is 0 Å². The first-order chi connectivity index (χ1) is 10.1. The van der Waals surface area contributed by atoms with Gasteiger partial charge in [-0.2, -0.15) is 0 Å². The lowest BCUT2D eigenvalue weighted by Gasteiger charge is -2.25. The highest BCUT2D eigenvalue weighted by Gasteiger charge is 2.17. The summed E-state index contributed by atoms with van der Waals surface area (Å²) in [6.45, 7) is 9.27. The van der Waals surface area contributed by atoms with E-state index in [1.807, 2.05) is 30.3 Å². The Morgan fingerprint density at radius 3 is 1.76 bits per heavy atom. The lowest BCUT2D eigenvalue weighted by molar-refractivity contribution is 0.286. The van der Waals surface area contributed by atoms with E-state index in [0.717, 1.165) is 23.8 Å². The van der Waals surface area contributed by atoms with Crippen LogP contribution in [0.25, 0.3) is 0 Å². The van der Waals surface area contributed by atoms with E-state index in [1.54, 1.807) is 0 Å². The zero-order valence-corrected chi connectivity index (χ0v) is 13.5. The van der Waals surface area contributed by atoms with Gasteiger partial charge in [0.05, 0.1) is 0 Å². The standard InChI is InChI=1S/C20H26O/c1-15(2)20(16(3)4)14-17-10-12-19(13-11-17)21-18-8-6-5-7-9-18/h5-13,15-16,20H,14H2,1-4H3. The van der Waals surface area contributed by atoms with Crippen LogP contribution in [0.5, 0.6) is 11.5 Å². The SMILES string of the molecule is CC(C)C(Cc1ccc(Oc2ccccc2)cc1)C(C)C. The Morgan fingerprint density at radius 2 is 1.24 bits per heavy atom. The average molecular weight is 282 g/mol. The molecule has 0 spiro atoms. The summed E-state index contributed by atoms with van der Waals surface area (Å²) >= 11 is 0. The lowest BCUT2D eigenvalue weighted by Crippen LogP contribution is -2.18. The normalized spacial score (nSPS) is 11.4. The average Bonchev–Trinajstić information content (AvgIpc) is 2.47. The first kappa shape index (κ1) is 15.6. The molecule has 112 valence electrons. The molecular weight excluding hydrogens is 256 g/mol. The minimum absolute atomic E-state index is 0.713. The molecule has 0 aliphatic carbocycles. The van der Waals surface area contributed by atoms with E-state index >= 15 is 0 Å². The van der Waals surface area contributed by atoms with Gasteiger partial charge in [-0.25, -0.2) is 0 Å². The van der Waals surface area contributed by atoms with E-state index < -0.39 is 0 Å². The van der Waals surface area contributed by atoms with E-state index in [0.29, 0.717) is 11.8 Å². The molecule has 0 fully saturated rings. The van der Waals surface area contributed by atoms with Crippen molar-refractivity contribution in [2.75, 3.05) is 0 Å². The molecule has 0 bridgehead atoms. The van der Waals surface area contributed by atoms with Gasteiger partial charge in [-0.15, -0.1) is 0 Å². The molecule has 2 aromatic rings. The molecular formula is C20H26O. The van der Waals surface area contributed by atoms with E-state index in [1.165, 1.54) is 5.56 Å². The highest BCUT2D eigenvalue weighted by molar-refractivity contribution is 5.33. The second kappa shape index (κ2) is 7.31. The van der Waals surface area contributed by atoms with Crippen LogP contribution in [0.15, 0.2) is 54.6 Å². The first-order valence-electron chi connectivity index (χ1n) is 7.88. The van der Waals surface area contributed by atoms with Crippen molar-refractivity contribution in [2.24, 2.45) is 17.8 Å². The highest BCUT2D eigenvalue weighted by atomic mass is 16.5. The summed E-state index contributed by atoms with van der Waals surface area (Å²) in [5.41, 5.74) is 1.39. The topological polar surface area (TPSA) is 9.23 Å². The maximum Gasteiger partial charge on any atom is 0.127 e. The Hall–Kier alpha value is -1.76. The van der Waals surface area contributed by atoms with Crippen molar-refractivity contribution >= 4 is 0 Å². The molecule has 1 nitrogen and oxygen atoms in total. The predicted octanol–water partition coefficient (Wildman–Crippen LogP) is 5.95. The lowest BCUT2D eigenvalue weighted by atomic mass is 9.81. The fraction of sp³-hybridized carbons (Fsp3) is 0.400. The molecule has 0 saturated carbocycles. The minimum Gasteiger partial charge on any atom is -0.457 e. The van der Waals surface area contributed by atoms with Gasteiger partial charge in [0.1, 0.15) is 11.5 Å². The van der Waals surface area contributed by atoms with Gasteiger partial charge in [0, 0.05) is 0 Å². The number of para-hydroxylation sites is 1. The van der Waals surface area contributed by atoms with Gasteiger partial charge < -0.3 is 4.74 Å². The molecule has 0 heterocycles. The number of ether oxygens (including phenoxy) is 1. The summed E-state index contributed by atoms with van der Waals surface area (Å²) in [7, 11) is 0. The summed E-state index contributed by atoms with van der Waals surface area (Å²) < 4.78 is 5.83. The molecule has 0 amide bonds. The van der Waals surface area contributed by atoms with E-state index in [2.05, 4.69) is 52.0 Å². The molecule has 0 N–H and O–H groups in total. The van der Waals surface area contributed by atoms with Crippen molar-refractivity contribution < 1.29 is 4.74 Å². The van der Waals surface area contributed by atoms with Gasteiger partial charge in [-0.3, -0.25) is 0 Å². The quantitative estimate of drug-likeness (QED) is 0.636. The molecule has 0 aliphatic rings. The van der Waals surface area contributed by atoms with Crippen molar-refractivity contribution in [3.63, 3.8) is 0 Å². The Morgan fingerprint density at radius 1 is 0.714 bits per heavy atom. The molecule has 0 saturated heterocycles. The minimum atomic E-state index is 0.713. The molecule has 1 heteroatoms. The number of rotatable bonds is 6. The van der Waals surface area contributed by atoms with Crippen LogP contribution >= 0.6 is 0 Å². The van der Waals surface area contributed by atoms with Crippen molar-refractivity contribution in [2.45, 2.75) is 34.1 Å². The fourth-order valence-electron chi connectivity index (χ4n) is 2.83. The van der Waals surface area contributed by atoms with Crippen molar-refractivity contribution in [3.05, 3.63) is 60.2 Å². The van der Waals surface area contributed by atoms with Gasteiger partial charge in [0.2, 0.25) is 0 Å². The van der Waals surface area contributed by atoms with Crippen molar-refractivity contribution in [1.82, 2.24) is 0 Å². The van der Waals surface area contributed by atoms with Crippen LogP contribution in [-0.2, 0) is 6.42 Å². The van der Waals surface area contributed by atoms with Gasteiger partial charge in [0.25, 0.3) is 0 Å². The predicted molar refractivity (Wildman–Crippen MR) is 89.8 cm³/mol. The van der Waals surface area contributed by atoms with E-state index in [-0.39, 0.29) is 0 Å². The van der Waals surface area contributed by atoms with Crippen LogP contribution in [0.3, 0.4) is 0 Å². The fourth-order valence-corrected chi connectivity index (χ4v) is 2.83. The van der Waals surface area contributed by atoms with Gasteiger partial charge in [0.15, 0.2) is 0 Å². The summed E-state index contributed by atoms with van der Waals surface area (Å²) in [5.74, 6) is 3.93. The third-order valence-corrected chi connectivity index (χ3v) is 4.09. The Balaban J connectivity index is 2.02. The van der Waals surface area contributed by atoms with Crippen LogP contribution in [0.2, 0.25) is 0 Å². The largest absolute Gasteiger partial charge is 0.457 e. The van der Waals surface area contributed by atoms with Crippen LogP contribution < -0.4 is 4.74 Å². The summed E-state index contributed by atoms with van der Waals surface area (Å²) in [6.07, 6.45) is 1.14. The number of hydrogen-bond donors (Lipinski definition) is 0. The van der Waals surface area contributed by atoms with Crippen LogP contribution in [0.1, 0.15) is 33.3 Å². The zero-order valence-electron chi connectivity index (χ0n) is 13.5. The molecule has 2 rings (SSSR count). The van der Waals surface area contributed by atoms with Gasteiger partial charge in [-0.1, -0.05) is 58.0 Å². The monoisotopic (exact) mass is 282 g/mol. The zero-order chi connectivity index (χ0) is 15.2. The molecule has 2 aromatic carbocycles. The van der Waals surface area contributed by atoms with Crippen LogP contribution in [0, 0.1) is 17.8 Å². The van der Waals surface area contributed by atoms with Crippen LogP contribution in [0.4, 0.5) is 0 Å². The van der Waals surface area contributed by atoms with Gasteiger partial charge in [-0.05, 0) is 54.0 Å². The molecule has 0 atom stereocenters. The number of benzene rings is 2. The van der Waals surface area contributed by atoms with E-state index in [4.69, 9.17) is 4.74 Å².